The van der Waals surface area contributed by atoms with E-state index in [0.717, 1.165) is 0 Å². The van der Waals surface area contributed by atoms with E-state index in [2.05, 4.69) is 0 Å². The van der Waals surface area contributed by atoms with Crippen LogP contribution in [-0.2, 0) is 14.7 Å². The van der Waals surface area contributed by atoms with Gasteiger partial charge >= 0.3 is 9.12 Å². The lowest BCUT2D eigenvalue weighted by molar-refractivity contribution is 0.483. The number of rotatable bonds is 1. The second-order valence-electron chi connectivity index (χ2n) is 1.79. The summed E-state index contributed by atoms with van der Waals surface area (Å²) in [5, 5.41) is 0. The second kappa shape index (κ2) is 4.98. The fourth-order valence-corrected chi connectivity index (χ4v) is 1.09. The summed E-state index contributed by atoms with van der Waals surface area (Å²) < 4.78 is 37.4. The molecule has 12 heavy (non-hydrogen) atoms. The van der Waals surface area contributed by atoms with Gasteiger partial charge in [-0.25, -0.2) is 0 Å². The van der Waals surface area contributed by atoms with E-state index in [1.54, 1.807) is 18.2 Å². The standard InChI is InChI=1S/C6H6O3S.H2OP/c7-10(8,9)6-4-2-1-3-5-6;1-2/h1-5H,(H,7,8,9);2H2/q;+1. The van der Waals surface area contributed by atoms with Gasteiger partial charge in [0.2, 0.25) is 0 Å². The highest BCUT2D eigenvalue weighted by Crippen LogP contribution is 2.05. The van der Waals surface area contributed by atoms with E-state index >= 15 is 0 Å². The minimum absolute atomic E-state index is 0.0741. The van der Waals surface area contributed by atoms with Crippen molar-refractivity contribution in [1.82, 2.24) is 0 Å². The van der Waals surface area contributed by atoms with Crippen molar-refractivity contribution in [2.45, 2.75) is 4.90 Å². The maximum absolute atomic E-state index is 10.4. The van der Waals surface area contributed by atoms with Crippen LogP contribution in [0.25, 0.3) is 0 Å². The molecule has 1 unspecified atom stereocenters. The molecule has 1 aromatic carbocycles. The van der Waals surface area contributed by atoms with E-state index < -0.39 is 10.1 Å². The predicted molar refractivity (Wildman–Crippen MR) is 46.7 cm³/mol. The first-order valence-corrected chi connectivity index (χ1v) is 4.78. The van der Waals surface area contributed by atoms with E-state index in [0.29, 0.717) is 0 Å². The molecule has 0 bridgehead atoms. The molecule has 0 saturated heterocycles. The molecule has 0 amide bonds. The topological polar surface area (TPSA) is 71.4 Å². The normalized spacial score (nSPS) is 9.75. The van der Waals surface area contributed by atoms with E-state index in [9.17, 15) is 8.42 Å². The van der Waals surface area contributed by atoms with E-state index in [1.807, 2.05) is 0 Å². The van der Waals surface area contributed by atoms with Gasteiger partial charge in [0, 0.05) is 0 Å². The average Bonchev–Trinajstić information content (AvgIpc) is 2.08. The van der Waals surface area contributed by atoms with Gasteiger partial charge in [-0.15, -0.1) is 0 Å². The molecule has 0 saturated carbocycles. The maximum Gasteiger partial charge on any atom is 0.310 e. The van der Waals surface area contributed by atoms with E-state index in [-0.39, 0.29) is 4.90 Å². The highest BCUT2D eigenvalue weighted by atomic mass is 32.2. The summed E-state index contributed by atoms with van der Waals surface area (Å²) in [6, 6.07) is 7.42. The Balaban J connectivity index is 0.000000561. The third kappa shape index (κ3) is 3.57. The summed E-state index contributed by atoms with van der Waals surface area (Å²) in [5.74, 6) is 0. The summed E-state index contributed by atoms with van der Waals surface area (Å²) >= 11 is 0. The molecule has 0 spiro atoms. The highest BCUT2D eigenvalue weighted by Gasteiger charge is 2.05. The average molecular weight is 207 g/mol. The zero-order valence-corrected chi connectivity index (χ0v) is 8.02. The van der Waals surface area contributed by atoms with Crippen molar-refractivity contribution < 1.29 is 17.5 Å². The molecule has 4 nitrogen and oxygen atoms in total. The van der Waals surface area contributed by atoms with Crippen molar-refractivity contribution in [2.75, 3.05) is 0 Å². The van der Waals surface area contributed by atoms with Gasteiger partial charge in [-0.05, 0) is 12.1 Å². The Morgan fingerprint density at radius 1 is 1.08 bits per heavy atom. The van der Waals surface area contributed by atoms with Crippen molar-refractivity contribution in [3.8, 4) is 0 Å². The van der Waals surface area contributed by atoms with Gasteiger partial charge in [-0.3, -0.25) is 4.55 Å². The molecule has 0 radical (unpaired) electrons. The molecule has 0 heterocycles. The zero-order chi connectivity index (χ0) is 9.61. The fourth-order valence-electron chi connectivity index (χ4n) is 0.592. The molecule has 0 aromatic heterocycles. The third-order valence-electron chi connectivity index (χ3n) is 1.04. The molecule has 0 aliphatic carbocycles. The van der Waals surface area contributed by atoms with Crippen LogP contribution in [0.2, 0.25) is 0 Å². The van der Waals surface area contributed by atoms with Crippen LogP contribution in [0.15, 0.2) is 35.2 Å². The Bertz CT molecular complexity index is 321. The lowest BCUT2D eigenvalue weighted by Gasteiger charge is -1.92. The molecule has 1 atom stereocenters. The summed E-state index contributed by atoms with van der Waals surface area (Å²) in [5.41, 5.74) is 0. The van der Waals surface area contributed by atoms with Crippen molar-refractivity contribution >= 4 is 19.2 Å². The van der Waals surface area contributed by atoms with Crippen molar-refractivity contribution in [3.63, 3.8) is 0 Å². The lowest BCUT2D eigenvalue weighted by Crippen LogP contribution is -1.96. The third-order valence-corrected chi connectivity index (χ3v) is 1.91. The molecule has 66 valence electrons. The Hall–Kier alpha value is -0.770. The maximum atomic E-state index is 10.4. The Labute approximate surface area is 72.6 Å². The molecule has 1 aromatic rings. The summed E-state index contributed by atoms with van der Waals surface area (Å²) in [6.45, 7) is 0. The minimum atomic E-state index is -4.00. The van der Waals surface area contributed by atoms with Crippen LogP contribution >= 0.6 is 9.12 Å². The number of hydrogen-bond acceptors (Lipinski definition) is 3. The van der Waals surface area contributed by atoms with Crippen molar-refractivity contribution in [1.29, 1.82) is 0 Å². The van der Waals surface area contributed by atoms with Crippen molar-refractivity contribution in [2.24, 2.45) is 0 Å². The van der Waals surface area contributed by atoms with Gasteiger partial charge in [-0.2, -0.15) is 8.42 Å². The number of benzene rings is 1. The van der Waals surface area contributed by atoms with E-state index in [1.165, 1.54) is 21.3 Å². The molecular weight excluding hydrogens is 199 g/mol. The smallest absolute Gasteiger partial charge is 0.282 e. The Kier molecular flexibility index (Phi) is 4.66. The minimum Gasteiger partial charge on any atom is -0.282 e. The Morgan fingerprint density at radius 2 is 1.50 bits per heavy atom. The molecule has 1 rings (SSSR count). The van der Waals surface area contributed by atoms with E-state index in [4.69, 9.17) is 9.12 Å². The zero-order valence-electron chi connectivity index (χ0n) is 6.04. The molecule has 0 aliphatic heterocycles. The van der Waals surface area contributed by atoms with Crippen LogP contribution in [0.5, 0.6) is 0 Å². The molecule has 0 fully saturated rings. The van der Waals surface area contributed by atoms with Crippen molar-refractivity contribution in [3.05, 3.63) is 30.3 Å². The number of hydrogen-bond donors (Lipinski definition) is 1. The monoisotopic (exact) mass is 207 g/mol. The quantitative estimate of drug-likeness (QED) is 0.553. The van der Waals surface area contributed by atoms with Gasteiger partial charge < -0.3 is 0 Å². The first kappa shape index (κ1) is 11.2. The summed E-state index contributed by atoms with van der Waals surface area (Å²) in [4.78, 5) is -0.0741. The second-order valence-corrected chi connectivity index (χ2v) is 3.21. The van der Waals surface area contributed by atoms with Crippen LogP contribution in [0, 0.1) is 0 Å². The van der Waals surface area contributed by atoms with Crippen LogP contribution in [0.3, 0.4) is 0 Å². The molecule has 6 heteroatoms. The van der Waals surface area contributed by atoms with Crippen LogP contribution < -0.4 is 0 Å². The largest absolute Gasteiger partial charge is 0.310 e. The van der Waals surface area contributed by atoms with Gasteiger partial charge in [0.15, 0.2) is 0 Å². The lowest BCUT2D eigenvalue weighted by atomic mass is 10.4. The van der Waals surface area contributed by atoms with Gasteiger partial charge in [0.25, 0.3) is 10.1 Å². The molecule has 1 N–H and O–H groups in total. The van der Waals surface area contributed by atoms with Gasteiger partial charge in [-0.1, -0.05) is 22.8 Å². The molecular formula is C6H8O4PS+. The first-order chi connectivity index (χ1) is 5.61. The van der Waals surface area contributed by atoms with Crippen LogP contribution in [0.4, 0.5) is 0 Å². The van der Waals surface area contributed by atoms with Gasteiger partial charge in [0.1, 0.15) is 0 Å². The fraction of sp³-hybridized carbons (Fsp3) is 0. The predicted octanol–water partition coefficient (Wildman–Crippen LogP) is 1.14. The molecule has 0 aliphatic rings. The Morgan fingerprint density at radius 3 is 1.75 bits per heavy atom. The van der Waals surface area contributed by atoms with Crippen LogP contribution in [0.1, 0.15) is 0 Å². The summed E-state index contributed by atoms with van der Waals surface area (Å²) in [6.07, 6.45) is 0. The summed E-state index contributed by atoms with van der Waals surface area (Å²) in [7, 11) is -2.84. The highest BCUT2D eigenvalue weighted by molar-refractivity contribution is 7.85. The van der Waals surface area contributed by atoms with Gasteiger partial charge in [0.05, 0.1) is 4.90 Å². The SMILES string of the molecule is O=S(=O)(O)c1ccccc1.O=[PH2+]. The van der Waals surface area contributed by atoms with Crippen LogP contribution in [-0.4, -0.2) is 13.0 Å². The first-order valence-electron chi connectivity index (χ1n) is 2.87.